The second-order valence-electron chi connectivity index (χ2n) is 5.05. The molecule has 0 aliphatic carbocycles. The van der Waals surface area contributed by atoms with Crippen molar-refractivity contribution >= 4 is 31.4 Å². The zero-order valence-corrected chi connectivity index (χ0v) is 13.9. The van der Waals surface area contributed by atoms with Gasteiger partial charge in [-0.1, -0.05) is 0 Å². The van der Waals surface area contributed by atoms with E-state index < -0.39 is 13.3 Å². The molecule has 0 radical (unpaired) electrons. The van der Waals surface area contributed by atoms with E-state index in [0.29, 0.717) is 0 Å². The van der Waals surface area contributed by atoms with Crippen LogP contribution in [0.3, 0.4) is 0 Å². The molecule has 0 spiro atoms. The Bertz CT molecular complexity index is 732. The number of rotatable bonds is 4. The topological polar surface area (TPSA) is 39.4 Å². The molecule has 0 amide bonds. The van der Waals surface area contributed by atoms with Gasteiger partial charge in [0.05, 0.1) is 0 Å². The average Bonchev–Trinajstić information content (AvgIpc) is 3.34. The van der Waals surface area contributed by atoms with Crippen molar-refractivity contribution in [3.05, 3.63) is 85.5 Å². The summed E-state index contributed by atoms with van der Waals surface area (Å²) in [5, 5.41) is 0. The number of furan rings is 3. The van der Waals surface area contributed by atoms with Gasteiger partial charge in [-0.2, -0.15) is 0 Å². The molecule has 0 saturated carbocycles. The van der Waals surface area contributed by atoms with Gasteiger partial charge in [0.15, 0.2) is 0 Å². The third-order valence-corrected chi connectivity index (χ3v) is 12.8. The Morgan fingerprint density at radius 2 is 0.955 bits per heavy atom. The third-order valence-electron chi connectivity index (χ3n) is 3.88. The molecule has 0 unspecified atom stereocenters. The maximum atomic E-state index is 5.86. The van der Waals surface area contributed by atoms with Crippen LogP contribution in [0.4, 0.5) is 0 Å². The van der Waals surface area contributed by atoms with Crippen LogP contribution >= 0.6 is 0 Å². The molecule has 0 fully saturated rings. The van der Waals surface area contributed by atoms with Crippen LogP contribution in [-0.2, 0) is 0 Å². The van der Waals surface area contributed by atoms with E-state index >= 15 is 0 Å². The first-order chi connectivity index (χ1) is 10.9. The predicted octanol–water partition coefficient (Wildman–Crippen LogP) is 1.84. The molecule has 4 rings (SSSR count). The van der Waals surface area contributed by atoms with Crippen molar-refractivity contribution in [2.45, 2.75) is 0 Å². The van der Waals surface area contributed by atoms with Gasteiger partial charge in [0.1, 0.15) is 0 Å². The summed E-state index contributed by atoms with van der Waals surface area (Å²) in [4.78, 5) is 0. The Labute approximate surface area is 130 Å². The summed E-state index contributed by atoms with van der Waals surface area (Å²) in [6, 6.07) is 22.2. The van der Waals surface area contributed by atoms with Crippen molar-refractivity contribution in [1.82, 2.24) is 0 Å². The van der Waals surface area contributed by atoms with Crippen molar-refractivity contribution in [2.75, 3.05) is 0 Å². The zero-order valence-electron chi connectivity index (χ0n) is 11.8. The number of benzene rings is 1. The SMILES string of the molecule is c1cc[c]([Ge]([c]2ccco2)([c]2ccco2)[c]2ccco2)cc1. The molecule has 22 heavy (non-hydrogen) atoms. The summed E-state index contributed by atoms with van der Waals surface area (Å²) < 4.78 is 21.6. The Morgan fingerprint density at radius 3 is 1.32 bits per heavy atom. The quantitative estimate of drug-likeness (QED) is 0.527. The van der Waals surface area contributed by atoms with Crippen LogP contribution in [0.1, 0.15) is 0 Å². The Morgan fingerprint density at radius 1 is 0.500 bits per heavy atom. The Balaban J connectivity index is 2.10. The van der Waals surface area contributed by atoms with Gasteiger partial charge in [0, 0.05) is 0 Å². The van der Waals surface area contributed by atoms with E-state index in [-0.39, 0.29) is 0 Å². The molecule has 0 saturated heterocycles. The van der Waals surface area contributed by atoms with E-state index in [1.165, 1.54) is 4.40 Å². The third kappa shape index (κ3) is 1.89. The summed E-state index contributed by atoms with van der Waals surface area (Å²) in [6.07, 6.45) is 5.14. The van der Waals surface area contributed by atoms with Gasteiger partial charge in [-0.05, 0) is 0 Å². The summed E-state index contributed by atoms with van der Waals surface area (Å²) >= 11 is -3.31. The first-order valence-electron chi connectivity index (χ1n) is 7.10. The Hall–Kier alpha value is -2.40. The molecule has 1 aromatic carbocycles. The molecule has 0 atom stereocenters. The van der Waals surface area contributed by atoms with Crippen molar-refractivity contribution in [3.63, 3.8) is 0 Å². The van der Waals surface area contributed by atoms with Gasteiger partial charge in [-0.25, -0.2) is 0 Å². The van der Waals surface area contributed by atoms with E-state index in [1.54, 1.807) is 18.8 Å². The molecule has 3 nitrogen and oxygen atoms in total. The average molecular weight is 351 g/mol. The predicted molar refractivity (Wildman–Crippen MR) is 86.9 cm³/mol. The summed E-state index contributed by atoms with van der Waals surface area (Å²) in [5.74, 6) is 0. The van der Waals surface area contributed by atoms with Crippen molar-refractivity contribution in [1.29, 1.82) is 0 Å². The van der Waals surface area contributed by atoms with Gasteiger partial charge in [0.2, 0.25) is 0 Å². The normalized spacial score (nSPS) is 11.6. The second kappa shape index (κ2) is 5.42. The van der Waals surface area contributed by atoms with Crippen LogP contribution in [0, 0.1) is 0 Å². The Kier molecular flexibility index (Phi) is 3.27. The van der Waals surface area contributed by atoms with Gasteiger partial charge in [-0.15, -0.1) is 0 Å². The molecule has 0 aliphatic heterocycles. The summed E-state index contributed by atoms with van der Waals surface area (Å²) in [5.41, 5.74) is 0. The van der Waals surface area contributed by atoms with Crippen LogP contribution in [0.15, 0.2) is 98.8 Å². The van der Waals surface area contributed by atoms with E-state index in [2.05, 4.69) is 12.1 Å². The van der Waals surface area contributed by atoms with Crippen molar-refractivity contribution in [2.24, 2.45) is 0 Å². The molecule has 0 N–H and O–H groups in total. The fourth-order valence-corrected chi connectivity index (χ4v) is 11.4. The second-order valence-corrected chi connectivity index (χ2v) is 12.5. The summed E-state index contributed by atoms with van der Waals surface area (Å²) in [7, 11) is 0. The van der Waals surface area contributed by atoms with Crippen molar-refractivity contribution in [3.8, 4) is 0 Å². The van der Waals surface area contributed by atoms with Crippen LogP contribution in [0.25, 0.3) is 0 Å². The molecule has 3 heterocycles. The molecule has 0 bridgehead atoms. The van der Waals surface area contributed by atoms with Gasteiger partial charge >= 0.3 is 130 Å². The van der Waals surface area contributed by atoms with Gasteiger partial charge in [-0.3, -0.25) is 0 Å². The van der Waals surface area contributed by atoms with Crippen LogP contribution < -0.4 is 18.2 Å². The number of hydrogen-bond donors (Lipinski definition) is 0. The van der Waals surface area contributed by atoms with Gasteiger partial charge in [0.25, 0.3) is 0 Å². The molecule has 108 valence electrons. The standard InChI is InChI=1S/C18H14GeO3/c1-2-7-15(8-3-1)19(16-9-4-12-20-16,17-10-5-13-21-17)18-11-6-14-22-18/h1-14H. The first kappa shape index (κ1) is 13.3. The van der Waals surface area contributed by atoms with Crippen LogP contribution in [-0.4, -0.2) is 13.3 Å². The van der Waals surface area contributed by atoms with Gasteiger partial charge < -0.3 is 0 Å². The van der Waals surface area contributed by atoms with Crippen molar-refractivity contribution < 1.29 is 13.3 Å². The molecule has 3 aromatic heterocycles. The van der Waals surface area contributed by atoms with E-state index in [0.717, 1.165) is 13.8 Å². The van der Waals surface area contributed by atoms with Crippen LogP contribution in [0.2, 0.25) is 0 Å². The monoisotopic (exact) mass is 352 g/mol. The minimum absolute atomic E-state index is 0.941. The minimum atomic E-state index is -3.31. The van der Waals surface area contributed by atoms with Crippen LogP contribution in [0.5, 0.6) is 0 Å². The maximum absolute atomic E-state index is 5.86. The summed E-state index contributed by atoms with van der Waals surface area (Å²) in [6.45, 7) is 0. The van der Waals surface area contributed by atoms with E-state index in [1.807, 2.05) is 54.6 Å². The first-order valence-corrected chi connectivity index (χ1v) is 11.3. The molecule has 4 aromatic rings. The molecular formula is C18H14GeO3. The fraction of sp³-hybridized carbons (Fsp3) is 0. The zero-order chi connectivity index (χ0) is 14.8. The molecule has 0 aliphatic rings. The van der Waals surface area contributed by atoms with E-state index in [9.17, 15) is 0 Å². The fourth-order valence-electron chi connectivity index (χ4n) is 2.96. The number of hydrogen-bond acceptors (Lipinski definition) is 3. The van der Waals surface area contributed by atoms with E-state index in [4.69, 9.17) is 13.3 Å². The molecular weight excluding hydrogens is 337 g/mol. The molecule has 4 heteroatoms.